The van der Waals surface area contributed by atoms with Crippen LogP contribution in [0.2, 0.25) is 0 Å². The number of nitrogens with one attached hydrogen (secondary N) is 2. The number of urea groups is 1. The average Bonchev–Trinajstić information content (AvgIpc) is 3.08. The fraction of sp³-hybridized carbons (Fsp3) is 0.0526. The van der Waals surface area contributed by atoms with Crippen molar-refractivity contribution in [3.8, 4) is 0 Å². The van der Waals surface area contributed by atoms with Crippen LogP contribution in [0.3, 0.4) is 0 Å². The van der Waals surface area contributed by atoms with Crippen molar-refractivity contribution in [2.45, 2.75) is 6.54 Å². The van der Waals surface area contributed by atoms with Crippen LogP contribution >= 0.6 is 15.9 Å². The molecule has 0 saturated carbocycles. The van der Waals surface area contributed by atoms with E-state index in [1.165, 1.54) is 5.56 Å². The highest BCUT2D eigenvalue weighted by Crippen LogP contribution is 2.27. The summed E-state index contributed by atoms with van der Waals surface area (Å²) in [6.45, 7) is 0.723. The Morgan fingerprint density at radius 1 is 1.04 bits per heavy atom. The van der Waals surface area contributed by atoms with Gasteiger partial charge in [-0.2, -0.15) is 0 Å². The normalized spacial score (nSPS) is 15.6. The third-order valence-electron chi connectivity index (χ3n) is 4.09. The molecule has 0 radical (unpaired) electrons. The number of rotatable bonds is 3. The molecule has 1 aromatic heterocycles. The molecule has 1 aliphatic heterocycles. The van der Waals surface area contributed by atoms with E-state index in [4.69, 9.17) is 0 Å². The predicted octanol–water partition coefficient (Wildman–Crippen LogP) is 3.63. The van der Waals surface area contributed by atoms with Crippen LogP contribution in [0.25, 0.3) is 17.0 Å². The number of aromatic nitrogens is 1. The zero-order valence-electron chi connectivity index (χ0n) is 13.1. The lowest BCUT2D eigenvalue weighted by atomic mass is 10.1. The summed E-state index contributed by atoms with van der Waals surface area (Å²) in [6.07, 6.45) is 3.70. The topological polar surface area (TPSA) is 63.1 Å². The molecule has 0 aliphatic carbocycles. The lowest BCUT2D eigenvalue weighted by Gasteiger charge is -2.05. The van der Waals surface area contributed by atoms with Gasteiger partial charge in [0.15, 0.2) is 0 Å². The second-order valence-corrected chi connectivity index (χ2v) is 6.74. The standard InChI is InChI=1S/C19H14BrN3O2/c20-14-6-7-17-15(9-14)13(8-16-18(24)22-19(25)21-16)11-23(17)10-12-4-2-1-3-5-12/h1-9,11H,10H2,(H2,21,22,24,25)/b16-8-. The Kier molecular flexibility index (Phi) is 3.89. The number of halogens is 1. The fourth-order valence-electron chi connectivity index (χ4n) is 2.96. The summed E-state index contributed by atoms with van der Waals surface area (Å²) >= 11 is 3.50. The Hall–Kier alpha value is -2.86. The summed E-state index contributed by atoms with van der Waals surface area (Å²) in [5.74, 6) is -0.413. The predicted molar refractivity (Wildman–Crippen MR) is 99.8 cm³/mol. The number of benzene rings is 2. The van der Waals surface area contributed by atoms with Gasteiger partial charge in [0.1, 0.15) is 5.70 Å². The first-order valence-electron chi connectivity index (χ1n) is 7.76. The van der Waals surface area contributed by atoms with Crippen molar-refractivity contribution >= 4 is 44.8 Å². The van der Waals surface area contributed by atoms with Gasteiger partial charge in [-0.25, -0.2) is 4.79 Å². The summed E-state index contributed by atoms with van der Waals surface area (Å²) < 4.78 is 3.09. The van der Waals surface area contributed by atoms with E-state index < -0.39 is 11.9 Å². The Labute approximate surface area is 152 Å². The summed E-state index contributed by atoms with van der Waals surface area (Å²) in [5, 5.41) is 5.76. The van der Waals surface area contributed by atoms with E-state index in [0.29, 0.717) is 0 Å². The minimum Gasteiger partial charge on any atom is -0.342 e. The first kappa shape index (κ1) is 15.7. The summed E-state index contributed by atoms with van der Waals surface area (Å²) in [4.78, 5) is 23.1. The van der Waals surface area contributed by atoms with E-state index in [0.717, 1.165) is 27.5 Å². The van der Waals surface area contributed by atoms with Crippen LogP contribution in [-0.2, 0) is 11.3 Å². The van der Waals surface area contributed by atoms with E-state index in [-0.39, 0.29) is 5.70 Å². The number of amides is 3. The van der Waals surface area contributed by atoms with Gasteiger partial charge in [-0.05, 0) is 29.8 Å². The maximum atomic E-state index is 11.8. The van der Waals surface area contributed by atoms with Gasteiger partial charge in [0.05, 0.1) is 0 Å². The molecule has 0 spiro atoms. The molecule has 2 aromatic carbocycles. The van der Waals surface area contributed by atoms with Crippen molar-refractivity contribution < 1.29 is 9.59 Å². The quantitative estimate of drug-likeness (QED) is 0.525. The largest absolute Gasteiger partial charge is 0.342 e. The SMILES string of the molecule is O=C1NC(=O)/C(=C/c2cn(Cc3ccccc3)c3ccc(Br)cc23)N1. The van der Waals surface area contributed by atoms with Gasteiger partial charge >= 0.3 is 6.03 Å². The minimum absolute atomic E-state index is 0.253. The van der Waals surface area contributed by atoms with Gasteiger partial charge in [-0.15, -0.1) is 0 Å². The Balaban J connectivity index is 1.82. The highest BCUT2D eigenvalue weighted by Gasteiger charge is 2.23. The highest BCUT2D eigenvalue weighted by molar-refractivity contribution is 9.10. The maximum Gasteiger partial charge on any atom is 0.326 e. The lowest BCUT2D eigenvalue weighted by molar-refractivity contribution is -0.115. The zero-order valence-corrected chi connectivity index (χ0v) is 14.7. The number of hydrogen-bond acceptors (Lipinski definition) is 2. The van der Waals surface area contributed by atoms with E-state index >= 15 is 0 Å². The van der Waals surface area contributed by atoms with E-state index in [1.54, 1.807) is 6.08 Å². The number of imide groups is 1. The summed E-state index contributed by atoms with van der Waals surface area (Å²) in [6, 6.07) is 15.7. The van der Waals surface area contributed by atoms with Crippen molar-refractivity contribution in [2.24, 2.45) is 0 Å². The first-order chi connectivity index (χ1) is 12.1. The molecule has 0 bridgehead atoms. The van der Waals surface area contributed by atoms with Crippen molar-refractivity contribution in [2.75, 3.05) is 0 Å². The molecule has 1 fully saturated rings. The second kappa shape index (κ2) is 6.22. The average molecular weight is 396 g/mol. The van der Waals surface area contributed by atoms with Crippen LogP contribution in [0.5, 0.6) is 0 Å². The molecule has 2 heterocycles. The van der Waals surface area contributed by atoms with Crippen LogP contribution in [-0.4, -0.2) is 16.5 Å². The third-order valence-corrected chi connectivity index (χ3v) is 4.58. The molecule has 1 saturated heterocycles. The Morgan fingerprint density at radius 3 is 2.56 bits per heavy atom. The number of hydrogen-bond donors (Lipinski definition) is 2. The molecule has 0 unspecified atom stereocenters. The smallest absolute Gasteiger partial charge is 0.326 e. The summed E-state index contributed by atoms with van der Waals surface area (Å²) in [7, 11) is 0. The number of carbonyl (C=O) groups is 2. The van der Waals surface area contributed by atoms with Crippen molar-refractivity contribution in [1.29, 1.82) is 0 Å². The van der Waals surface area contributed by atoms with Crippen LogP contribution in [0.15, 0.2) is 64.9 Å². The molecular weight excluding hydrogens is 382 g/mol. The molecule has 6 heteroatoms. The molecular formula is C19H14BrN3O2. The van der Waals surface area contributed by atoms with E-state index in [9.17, 15) is 9.59 Å². The minimum atomic E-state index is -0.495. The van der Waals surface area contributed by atoms with Crippen molar-refractivity contribution in [3.63, 3.8) is 0 Å². The Morgan fingerprint density at radius 2 is 1.84 bits per heavy atom. The third kappa shape index (κ3) is 3.08. The molecule has 2 N–H and O–H groups in total. The van der Waals surface area contributed by atoms with Gasteiger partial charge < -0.3 is 9.88 Å². The monoisotopic (exact) mass is 395 g/mol. The van der Waals surface area contributed by atoms with Crippen molar-refractivity contribution in [3.05, 3.63) is 76.0 Å². The number of carbonyl (C=O) groups excluding carboxylic acids is 2. The molecule has 25 heavy (non-hydrogen) atoms. The van der Waals surface area contributed by atoms with Gasteiger partial charge in [-0.3, -0.25) is 10.1 Å². The molecule has 3 amide bonds. The van der Waals surface area contributed by atoms with Gasteiger partial charge in [0.2, 0.25) is 0 Å². The van der Waals surface area contributed by atoms with Crippen LogP contribution < -0.4 is 10.6 Å². The molecule has 4 rings (SSSR count). The molecule has 0 atom stereocenters. The summed E-state index contributed by atoms with van der Waals surface area (Å²) in [5.41, 5.74) is 3.38. The lowest BCUT2D eigenvalue weighted by Crippen LogP contribution is -2.22. The van der Waals surface area contributed by atoms with Crippen molar-refractivity contribution in [1.82, 2.24) is 15.2 Å². The van der Waals surface area contributed by atoms with Crippen LogP contribution in [0.1, 0.15) is 11.1 Å². The molecule has 5 nitrogen and oxygen atoms in total. The fourth-order valence-corrected chi connectivity index (χ4v) is 3.32. The van der Waals surface area contributed by atoms with Gasteiger partial charge in [-0.1, -0.05) is 46.3 Å². The highest BCUT2D eigenvalue weighted by atomic mass is 79.9. The molecule has 1 aliphatic rings. The maximum absolute atomic E-state index is 11.8. The van der Waals surface area contributed by atoms with Gasteiger partial charge in [0, 0.05) is 33.7 Å². The number of nitrogens with zero attached hydrogens (tertiary/aromatic N) is 1. The van der Waals surface area contributed by atoms with E-state index in [1.807, 2.05) is 42.6 Å². The van der Waals surface area contributed by atoms with Crippen LogP contribution in [0.4, 0.5) is 4.79 Å². The second-order valence-electron chi connectivity index (χ2n) is 5.83. The first-order valence-corrected chi connectivity index (χ1v) is 8.56. The molecule has 124 valence electrons. The van der Waals surface area contributed by atoms with Crippen LogP contribution in [0, 0.1) is 0 Å². The number of fused-ring (bicyclic) bond motifs is 1. The van der Waals surface area contributed by atoms with Gasteiger partial charge in [0.25, 0.3) is 5.91 Å². The Bertz CT molecular complexity index is 1020. The van der Waals surface area contributed by atoms with E-state index in [2.05, 4.69) is 43.3 Å². The molecule has 3 aromatic rings. The zero-order chi connectivity index (χ0) is 17.4.